The highest BCUT2D eigenvalue weighted by Gasteiger charge is 2.29. The second-order valence-electron chi connectivity index (χ2n) is 6.18. The SMILES string of the molecule is O=C(CSc1nnc(C2CC2)o1)N[C@@H]1CCCc2ccccc21. The molecule has 1 saturated carbocycles. The molecule has 1 aromatic heterocycles. The molecule has 2 aliphatic carbocycles. The van der Waals surface area contributed by atoms with Gasteiger partial charge in [-0.1, -0.05) is 36.0 Å². The van der Waals surface area contributed by atoms with E-state index < -0.39 is 0 Å². The van der Waals surface area contributed by atoms with Crippen LogP contribution in [0.25, 0.3) is 0 Å². The van der Waals surface area contributed by atoms with Gasteiger partial charge in [-0.05, 0) is 43.2 Å². The quantitative estimate of drug-likeness (QED) is 0.853. The fourth-order valence-corrected chi connectivity index (χ4v) is 3.62. The summed E-state index contributed by atoms with van der Waals surface area (Å²) in [5.74, 6) is 1.49. The van der Waals surface area contributed by atoms with Crippen molar-refractivity contribution in [3.63, 3.8) is 0 Å². The maximum absolute atomic E-state index is 12.2. The minimum atomic E-state index is 0.0166. The average molecular weight is 329 g/mol. The second-order valence-corrected chi connectivity index (χ2v) is 7.11. The molecule has 1 heterocycles. The third-order valence-electron chi connectivity index (χ3n) is 4.38. The second kappa shape index (κ2) is 6.35. The number of carbonyl (C=O) groups is 1. The Morgan fingerprint density at radius 2 is 2.13 bits per heavy atom. The van der Waals surface area contributed by atoms with Crippen LogP contribution in [-0.2, 0) is 11.2 Å². The highest BCUT2D eigenvalue weighted by atomic mass is 32.2. The normalized spacial score (nSPS) is 20.1. The molecular formula is C17H19N3O2S. The lowest BCUT2D eigenvalue weighted by molar-refractivity contribution is -0.119. The third-order valence-corrected chi connectivity index (χ3v) is 5.20. The van der Waals surface area contributed by atoms with Crippen LogP contribution in [0.15, 0.2) is 33.9 Å². The number of thioether (sulfide) groups is 1. The Bertz CT molecular complexity index is 711. The molecule has 4 rings (SSSR count). The first-order valence-electron chi connectivity index (χ1n) is 8.13. The lowest BCUT2D eigenvalue weighted by Crippen LogP contribution is -2.32. The first-order valence-corrected chi connectivity index (χ1v) is 9.11. The van der Waals surface area contributed by atoms with Crippen molar-refractivity contribution in [1.29, 1.82) is 0 Å². The summed E-state index contributed by atoms with van der Waals surface area (Å²) in [5.41, 5.74) is 2.61. The number of hydrogen-bond acceptors (Lipinski definition) is 5. The topological polar surface area (TPSA) is 68.0 Å². The Morgan fingerprint density at radius 3 is 3.00 bits per heavy atom. The summed E-state index contributed by atoms with van der Waals surface area (Å²) in [7, 11) is 0. The van der Waals surface area contributed by atoms with Crippen LogP contribution in [0.1, 0.15) is 54.7 Å². The van der Waals surface area contributed by atoms with Crippen molar-refractivity contribution in [3.05, 3.63) is 41.3 Å². The minimum absolute atomic E-state index is 0.0166. The molecule has 120 valence electrons. The number of nitrogens with one attached hydrogen (secondary N) is 1. The summed E-state index contributed by atoms with van der Waals surface area (Å²) in [4.78, 5) is 12.2. The number of rotatable bonds is 5. The van der Waals surface area contributed by atoms with Gasteiger partial charge in [0.05, 0.1) is 11.8 Å². The van der Waals surface area contributed by atoms with E-state index in [0.717, 1.165) is 32.1 Å². The first-order chi connectivity index (χ1) is 11.3. The molecule has 1 aromatic carbocycles. The Kier molecular flexibility index (Phi) is 4.08. The van der Waals surface area contributed by atoms with Gasteiger partial charge in [-0.3, -0.25) is 4.79 Å². The molecule has 0 unspecified atom stereocenters. The first kappa shape index (κ1) is 14.8. The number of fused-ring (bicyclic) bond motifs is 1. The Labute approximate surface area is 139 Å². The van der Waals surface area contributed by atoms with Crippen LogP contribution >= 0.6 is 11.8 Å². The lowest BCUT2D eigenvalue weighted by atomic mass is 9.88. The van der Waals surface area contributed by atoms with Crippen molar-refractivity contribution in [2.24, 2.45) is 0 Å². The molecule has 1 fully saturated rings. The van der Waals surface area contributed by atoms with Crippen molar-refractivity contribution in [1.82, 2.24) is 15.5 Å². The molecule has 0 bridgehead atoms. The molecule has 23 heavy (non-hydrogen) atoms. The van der Waals surface area contributed by atoms with Crippen molar-refractivity contribution >= 4 is 17.7 Å². The molecular weight excluding hydrogens is 310 g/mol. The van der Waals surface area contributed by atoms with E-state index in [1.54, 1.807) is 0 Å². The summed E-state index contributed by atoms with van der Waals surface area (Å²) in [6.07, 6.45) is 5.48. The van der Waals surface area contributed by atoms with Crippen LogP contribution in [0.2, 0.25) is 0 Å². The van der Waals surface area contributed by atoms with Crippen LogP contribution in [0, 0.1) is 0 Å². The Balaban J connectivity index is 1.33. The Hall–Kier alpha value is -1.82. The van der Waals surface area contributed by atoms with E-state index in [4.69, 9.17) is 4.42 Å². The van der Waals surface area contributed by atoms with E-state index in [1.807, 2.05) is 6.07 Å². The zero-order valence-electron chi connectivity index (χ0n) is 12.8. The van der Waals surface area contributed by atoms with Crippen LogP contribution in [-0.4, -0.2) is 21.9 Å². The maximum Gasteiger partial charge on any atom is 0.277 e. The van der Waals surface area contributed by atoms with Crippen LogP contribution in [0.3, 0.4) is 0 Å². The van der Waals surface area contributed by atoms with Crippen molar-refractivity contribution in [3.8, 4) is 0 Å². The number of benzene rings is 1. The van der Waals surface area contributed by atoms with Gasteiger partial charge in [-0.2, -0.15) is 0 Å². The van der Waals surface area contributed by atoms with Crippen molar-refractivity contribution in [2.45, 2.75) is 49.3 Å². The van der Waals surface area contributed by atoms with Gasteiger partial charge in [0.25, 0.3) is 5.22 Å². The van der Waals surface area contributed by atoms with Crippen LogP contribution < -0.4 is 5.32 Å². The highest BCUT2D eigenvalue weighted by Crippen LogP contribution is 2.39. The molecule has 0 saturated heterocycles. The number of amides is 1. The average Bonchev–Trinajstić information content (AvgIpc) is 3.32. The molecule has 0 radical (unpaired) electrons. The molecule has 0 aliphatic heterocycles. The monoisotopic (exact) mass is 329 g/mol. The standard InChI is InChI=1S/C17H19N3O2S/c21-15(10-23-17-20-19-16(22-17)12-8-9-12)18-14-7-3-5-11-4-1-2-6-13(11)14/h1-2,4,6,12,14H,3,5,7-10H2,(H,18,21)/t14-/m1/s1. The largest absolute Gasteiger partial charge is 0.416 e. The van der Waals surface area contributed by atoms with Gasteiger partial charge >= 0.3 is 0 Å². The van der Waals surface area contributed by atoms with E-state index in [2.05, 4.69) is 33.7 Å². The molecule has 1 amide bonds. The zero-order chi connectivity index (χ0) is 15.6. The number of carbonyl (C=O) groups excluding carboxylic acids is 1. The molecule has 1 atom stereocenters. The fourth-order valence-electron chi connectivity index (χ4n) is 3.04. The van der Waals surface area contributed by atoms with Crippen LogP contribution in [0.5, 0.6) is 0 Å². The molecule has 2 aliphatic rings. The number of aryl methyl sites for hydroxylation is 1. The maximum atomic E-state index is 12.2. The third kappa shape index (κ3) is 3.42. The van der Waals surface area contributed by atoms with Gasteiger partial charge in [0, 0.05) is 5.92 Å². The number of nitrogens with zero attached hydrogens (tertiary/aromatic N) is 2. The van der Waals surface area contributed by atoms with Gasteiger partial charge in [0.1, 0.15) is 0 Å². The van der Waals surface area contributed by atoms with Gasteiger partial charge < -0.3 is 9.73 Å². The molecule has 0 spiro atoms. The lowest BCUT2D eigenvalue weighted by Gasteiger charge is -2.26. The summed E-state index contributed by atoms with van der Waals surface area (Å²) in [5, 5.41) is 11.7. The predicted octanol–water partition coefficient (Wildman–Crippen LogP) is 3.23. The molecule has 5 nitrogen and oxygen atoms in total. The predicted molar refractivity (Wildman–Crippen MR) is 87.3 cm³/mol. The summed E-state index contributed by atoms with van der Waals surface area (Å²) >= 11 is 1.31. The minimum Gasteiger partial charge on any atom is -0.416 e. The molecule has 2 aromatic rings. The summed E-state index contributed by atoms with van der Waals surface area (Å²) in [6.45, 7) is 0. The van der Waals surface area contributed by atoms with Crippen molar-refractivity contribution < 1.29 is 9.21 Å². The van der Waals surface area contributed by atoms with E-state index in [-0.39, 0.29) is 11.9 Å². The highest BCUT2D eigenvalue weighted by molar-refractivity contribution is 7.99. The van der Waals surface area contributed by atoms with Gasteiger partial charge in [0.15, 0.2) is 0 Å². The van der Waals surface area contributed by atoms with Crippen LogP contribution in [0.4, 0.5) is 0 Å². The fraction of sp³-hybridized carbons (Fsp3) is 0.471. The van der Waals surface area contributed by atoms with Gasteiger partial charge in [0.2, 0.25) is 11.8 Å². The molecule has 1 N–H and O–H groups in total. The van der Waals surface area contributed by atoms with Crippen molar-refractivity contribution in [2.75, 3.05) is 5.75 Å². The zero-order valence-corrected chi connectivity index (χ0v) is 13.6. The number of hydrogen-bond donors (Lipinski definition) is 1. The Morgan fingerprint density at radius 1 is 1.26 bits per heavy atom. The van der Waals surface area contributed by atoms with Gasteiger partial charge in [-0.25, -0.2) is 0 Å². The summed E-state index contributed by atoms with van der Waals surface area (Å²) in [6, 6.07) is 8.49. The van der Waals surface area contributed by atoms with E-state index in [0.29, 0.717) is 22.8 Å². The smallest absolute Gasteiger partial charge is 0.277 e. The van der Waals surface area contributed by atoms with Gasteiger partial charge in [-0.15, -0.1) is 10.2 Å². The summed E-state index contributed by atoms with van der Waals surface area (Å²) < 4.78 is 5.56. The van der Waals surface area contributed by atoms with E-state index >= 15 is 0 Å². The van der Waals surface area contributed by atoms with E-state index in [9.17, 15) is 4.79 Å². The number of aromatic nitrogens is 2. The van der Waals surface area contributed by atoms with E-state index in [1.165, 1.54) is 22.9 Å². The molecule has 6 heteroatoms.